The summed E-state index contributed by atoms with van der Waals surface area (Å²) in [4.78, 5) is 20.9. The summed E-state index contributed by atoms with van der Waals surface area (Å²) in [5, 5.41) is 6.10. The molecule has 2 heterocycles. The molecule has 0 saturated carbocycles. The summed E-state index contributed by atoms with van der Waals surface area (Å²) >= 11 is 0. The van der Waals surface area contributed by atoms with Crippen LogP contribution in [0.25, 0.3) is 0 Å². The maximum absolute atomic E-state index is 13.5. The first-order valence-corrected chi connectivity index (χ1v) is 10.9. The highest BCUT2D eigenvalue weighted by Crippen LogP contribution is 2.26. The highest BCUT2D eigenvalue weighted by molar-refractivity contribution is 5.80. The lowest BCUT2D eigenvalue weighted by molar-refractivity contribution is -0.121. The molecule has 1 unspecified atom stereocenters. The van der Waals surface area contributed by atoms with Gasteiger partial charge in [-0.3, -0.25) is 9.79 Å². The zero-order valence-corrected chi connectivity index (χ0v) is 18.0. The molecule has 1 atom stereocenters. The zero-order valence-electron chi connectivity index (χ0n) is 18.0. The Morgan fingerprint density at radius 2 is 1.87 bits per heavy atom. The molecule has 0 aromatic heterocycles. The van der Waals surface area contributed by atoms with Crippen molar-refractivity contribution >= 4 is 17.6 Å². The highest BCUT2D eigenvalue weighted by Gasteiger charge is 2.25. The molecule has 0 radical (unpaired) electrons. The quantitative estimate of drug-likeness (QED) is 0.548. The van der Waals surface area contributed by atoms with E-state index in [-0.39, 0.29) is 5.91 Å². The Bertz CT molecular complexity index is 749. The number of benzene rings is 1. The van der Waals surface area contributed by atoms with Gasteiger partial charge >= 0.3 is 0 Å². The lowest BCUT2D eigenvalue weighted by atomic mass is 9.93. The Morgan fingerprint density at radius 3 is 2.53 bits per heavy atom. The van der Waals surface area contributed by atoms with Crippen LogP contribution in [-0.2, 0) is 4.79 Å². The molecule has 1 amide bonds. The van der Waals surface area contributed by atoms with Crippen LogP contribution in [0.3, 0.4) is 0 Å². The molecular weight excluding hydrogens is 388 g/mol. The van der Waals surface area contributed by atoms with E-state index in [2.05, 4.69) is 27.4 Å². The Balaban J connectivity index is 1.52. The average Bonchev–Trinajstić information content (AvgIpc) is 3.22. The first kappa shape index (κ1) is 22.3. The Morgan fingerprint density at radius 1 is 1.13 bits per heavy atom. The number of likely N-dealkylation sites (tertiary alicyclic amines) is 1. The summed E-state index contributed by atoms with van der Waals surface area (Å²) in [5.74, 6) is 0.251. The lowest BCUT2D eigenvalue weighted by Crippen LogP contribution is -2.46. The van der Waals surface area contributed by atoms with Crippen molar-refractivity contribution in [1.82, 2.24) is 15.5 Å². The molecule has 166 valence electrons. The molecule has 2 aliphatic heterocycles. The summed E-state index contributed by atoms with van der Waals surface area (Å²) in [5.41, 5.74) is 0.727. The standard InChI is InChI=1S/C22H33F2N5O/c1-3-26-22(28-9-6-16(7-10-28)12-21(30)25-2)27-14-17-8-11-29(15-17)18-4-5-19(23)20(24)13-18/h4-5,13,16-17H,3,6-12,14-15H2,1-2H3,(H,25,30)(H,26,27). The van der Waals surface area contributed by atoms with Crippen LogP contribution in [0.2, 0.25) is 0 Å². The summed E-state index contributed by atoms with van der Waals surface area (Å²) < 4.78 is 26.7. The minimum atomic E-state index is -0.812. The van der Waals surface area contributed by atoms with E-state index in [0.717, 1.165) is 63.6 Å². The van der Waals surface area contributed by atoms with E-state index in [1.54, 1.807) is 13.1 Å². The number of rotatable bonds is 6. The van der Waals surface area contributed by atoms with Gasteiger partial charge in [0.15, 0.2) is 17.6 Å². The van der Waals surface area contributed by atoms with Gasteiger partial charge in [-0.05, 0) is 50.2 Å². The fourth-order valence-corrected chi connectivity index (χ4v) is 4.25. The molecule has 2 fully saturated rings. The van der Waals surface area contributed by atoms with Crippen molar-refractivity contribution in [3.8, 4) is 0 Å². The van der Waals surface area contributed by atoms with Crippen molar-refractivity contribution in [1.29, 1.82) is 0 Å². The van der Waals surface area contributed by atoms with Crippen molar-refractivity contribution in [3.05, 3.63) is 29.8 Å². The van der Waals surface area contributed by atoms with Crippen LogP contribution in [0.15, 0.2) is 23.2 Å². The molecule has 0 aliphatic carbocycles. The van der Waals surface area contributed by atoms with Gasteiger partial charge in [0, 0.05) is 64.5 Å². The summed E-state index contributed by atoms with van der Waals surface area (Å²) in [6, 6.07) is 4.10. The van der Waals surface area contributed by atoms with Crippen molar-refractivity contribution in [2.45, 2.75) is 32.6 Å². The smallest absolute Gasteiger partial charge is 0.220 e. The first-order chi connectivity index (χ1) is 14.5. The predicted octanol–water partition coefficient (Wildman–Crippen LogP) is 2.60. The number of carbonyl (C=O) groups excluding carboxylic acids is 1. The number of anilines is 1. The Labute approximate surface area is 177 Å². The number of hydrogen-bond acceptors (Lipinski definition) is 3. The molecule has 1 aromatic rings. The number of nitrogens with zero attached hydrogens (tertiary/aromatic N) is 3. The second-order valence-corrected chi connectivity index (χ2v) is 8.20. The molecule has 1 aromatic carbocycles. The largest absolute Gasteiger partial charge is 0.371 e. The van der Waals surface area contributed by atoms with Crippen molar-refractivity contribution in [3.63, 3.8) is 0 Å². The number of piperidine rings is 1. The van der Waals surface area contributed by atoms with Gasteiger partial charge in [0.05, 0.1) is 0 Å². The van der Waals surface area contributed by atoms with Crippen LogP contribution >= 0.6 is 0 Å². The normalized spacial score (nSPS) is 20.5. The predicted molar refractivity (Wildman–Crippen MR) is 116 cm³/mol. The maximum Gasteiger partial charge on any atom is 0.220 e. The Kier molecular flexibility index (Phi) is 7.87. The molecule has 8 heteroatoms. The van der Waals surface area contributed by atoms with Crippen LogP contribution in [0.1, 0.15) is 32.6 Å². The van der Waals surface area contributed by atoms with Gasteiger partial charge in [-0.15, -0.1) is 0 Å². The topological polar surface area (TPSA) is 60.0 Å². The third-order valence-corrected chi connectivity index (χ3v) is 6.06. The highest BCUT2D eigenvalue weighted by atomic mass is 19.2. The minimum Gasteiger partial charge on any atom is -0.371 e. The third kappa shape index (κ3) is 5.83. The number of amides is 1. The number of aliphatic imine (C=N–C) groups is 1. The minimum absolute atomic E-state index is 0.112. The van der Waals surface area contributed by atoms with Crippen molar-refractivity contribution in [2.24, 2.45) is 16.8 Å². The Hall–Kier alpha value is -2.38. The van der Waals surface area contributed by atoms with Gasteiger partial charge in [-0.25, -0.2) is 8.78 Å². The van der Waals surface area contributed by atoms with Crippen molar-refractivity contribution in [2.75, 3.05) is 51.2 Å². The number of carbonyl (C=O) groups is 1. The second kappa shape index (κ2) is 10.6. The molecule has 2 saturated heterocycles. The van der Waals surface area contributed by atoms with Gasteiger partial charge < -0.3 is 20.4 Å². The van der Waals surface area contributed by atoms with Gasteiger partial charge in [-0.2, -0.15) is 0 Å². The van der Waals surface area contributed by atoms with Crippen molar-refractivity contribution < 1.29 is 13.6 Å². The molecule has 0 bridgehead atoms. The lowest BCUT2D eigenvalue weighted by Gasteiger charge is -2.34. The van der Waals surface area contributed by atoms with E-state index in [1.807, 2.05) is 0 Å². The number of guanidine groups is 1. The molecule has 6 nitrogen and oxygen atoms in total. The summed E-state index contributed by atoms with van der Waals surface area (Å²) in [7, 11) is 1.68. The number of nitrogens with one attached hydrogen (secondary N) is 2. The fourth-order valence-electron chi connectivity index (χ4n) is 4.25. The summed E-state index contributed by atoms with van der Waals surface area (Å²) in [6.45, 7) is 7.00. The van der Waals surface area contributed by atoms with E-state index < -0.39 is 11.6 Å². The SMILES string of the molecule is CCNC(=NCC1CCN(c2ccc(F)c(F)c2)C1)N1CCC(CC(=O)NC)CC1. The molecule has 2 aliphatic rings. The van der Waals surface area contributed by atoms with Crippen LogP contribution < -0.4 is 15.5 Å². The monoisotopic (exact) mass is 421 g/mol. The maximum atomic E-state index is 13.5. The van der Waals surface area contributed by atoms with E-state index in [4.69, 9.17) is 4.99 Å². The molecule has 0 spiro atoms. The molecular formula is C22H33F2N5O. The number of hydrogen-bond donors (Lipinski definition) is 2. The van der Waals surface area contributed by atoms with Crippen LogP contribution in [-0.4, -0.2) is 63.1 Å². The van der Waals surface area contributed by atoms with Gasteiger partial charge in [-0.1, -0.05) is 0 Å². The van der Waals surface area contributed by atoms with Gasteiger partial charge in [0.1, 0.15) is 0 Å². The summed E-state index contributed by atoms with van der Waals surface area (Å²) in [6.07, 6.45) is 3.56. The van der Waals surface area contributed by atoms with Crippen LogP contribution in [0, 0.1) is 23.5 Å². The third-order valence-electron chi connectivity index (χ3n) is 6.06. The average molecular weight is 422 g/mol. The molecule has 2 N–H and O–H groups in total. The van der Waals surface area contributed by atoms with E-state index in [9.17, 15) is 13.6 Å². The first-order valence-electron chi connectivity index (χ1n) is 10.9. The molecule has 30 heavy (non-hydrogen) atoms. The number of halogens is 2. The van der Waals surface area contributed by atoms with Gasteiger partial charge in [0.25, 0.3) is 0 Å². The zero-order chi connectivity index (χ0) is 21.5. The van der Waals surface area contributed by atoms with E-state index in [0.29, 0.717) is 24.8 Å². The van der Waals surface area contributed by atoms with Crippen LogP contribution in [0.4, 0.5) is 14.5 Å². The van der Waals surface area contributed by atoms with Gasteiger partial charge in [0.2, 0.25) is 5.91 Å². The fraction of sp³-hybridized carbons (Fsp3) is 0.636. The second-order valence-electron chi connectivity index (χ2n) is 8.20. The van der Waals surface area contributed by atoms with Crippen LogP contribution in [0.5, 0.6) is 0 Å². The molecule has 3 rings (SSSR count). The van der Waals surface area contributed by atoms with E-state index >= 15 is 0 Å². The van der Waals surface area contributed by atoms with E-state index in [1.165, 1.54) is 12.1 Å².